The summed E-state index contributed by atoms with van der Waals surface area (Å²) in [5, 5.41) is -0.239. The number of unbranched alkanes of at least 4 members (excludes halogenated alkanes) is 1. The zero-order valence-corrected chi connectivity index (χ0v) is 6.81. The van der Waals surface area contributed by atoms with Gasteiger partial charge in [0.05, 0.1) is 6.04 Å². The Bertz CT molecular complexity index is 108. The van der Waals surface area contributed by atoms with Crippen LogP contribution in [0.4, 0.5) is 0 Å². The van der Waals surface area contributed by atoms with Gasteiger partial charge in [-0.25, -0.2) is 0 Å². The van der Waals surface area contributed by atoms with Gasteiger partial charge >= 0.3 is 0 Å². The number of hydrogen-bond acceptors (Lipinski definition) is 3. The Labute approximate surface area is 66.6 Å². The van der Waals surface area contributed by atoms with E-state index in [0.29, 0.717) is 13.0 Å². The third-order valence-corrected chi connectivity index (χ3v) is 1.62. The quantitative estimate of drug-likeness (QED) is 0.390. The van der Waals surface area contributed by atoms with E-state index in [2.05, 4.69) is 12.6 Å². The van der Waals surface area contributed by atoms with Crippen LogP contribution in [0, 0.1) is 0 Å². The topological polar surface area (TPSA) is 69.1 Å². The molecule has 0 bridgehead atoms. The normalized spacial score (nSPS) is 13.1. The minimum Gasteiger partial charge on any atom is -0.330 e. The Balaban J connectivity index is 3.21. The highest BCUT2D eigenvalue weighted by molar-refractivity contribution is 7.96. The summed E-state index contributed by atoms with van der Waals surface area (Å²) in [7, 11) is 0. The van der Waals surface area contributed by atoms with Crippen LogP contribution in [0.1, 0.15) is 19.3 Å². The molecule has 0 aliphatic carbocycles. The Morgan fingerprint density at radius 2 is 2.10 bits per heavy atom. The maximum atomic E-state index is 10.4. The number of hydrogen-bond donors (Lipinski definition) is 3. The first-order valence-corrected chi connectivity index (χ1v) is 3.81. The molecule has 10 heavy (non-hydrogen) atoms. The molecule has 4 heteroatoms. The highest BCUT2D eigenvalue weighted by atomic mass is 32.1. The summed E-state index contributed by atoms with van der Waals surface area (Å²) in [5.41, 5.74) is 10.6. The molecule has 0 saturated carbocycles. The second kappa shape index (κ2) is 5.70. The van der Waals surface area contributed by atoms with Gasteiger partial charge in [0, 0.05) is 0 Å². The fourth-order valence-corrected chi connectivity index (χ4v) is 0.761. The second-order valence-corrected chi connectivity index (χ2v) is 2.67. The van der Waals surface area contributed by atoms with Crippen molar-refractivity contribution in [3.63, 3.8) is 0 Å². The van der Waals surface area contributed by atoms with E-state index in [-0.39, 0.29) is 5.12 Å². The molecule has 60 valence electrons. The SMILES string of the molecule is NCCCCC(N)C(=O)S. The van der Waals surface area contributed by atoms with Gasteiger partial charge < -0.3 is 11.5 Å². The molecule has 4 N–H and O–H groups in total. The lowest BCUT2D eigenvalue weighted by atomic mass is 10.1. The van der Waals surface area contributed by atoms with Crippen LogP contribution in [-0.4, -0.2) is 17.7 Å². The van der Waals surface area contributed by atoms with Crippen molar-refractivity contribution < 1.29 is 4.79 Å². The average Bonchev–Trinajstić information content (AvgIpc) is 1.88. The Hall–Kier alpha value is -0.0600. The van der Waals surface area contributed by atoms with Gasteiger partial charge in [0.2, 0.25) is 5.12 Å². The van der Waals surface area contributed by atoms with Crippen LogP contribution in [0.15, 0.2) is 0 Å². The molecule has 0 aliphatic rings. The largest absolute Gasteiger partial charge is 0.330 e. The molecule has 0 aromatic heterocycles. The molecular formula is C6H14N2OS. The third-order valence-electron chi connectivity index (χ3n) is 1.29. The lowest BCUT2D eigenvalue weighted by molar-refractivity contribution is -0.112. The molecule has 0 heterocycles. The minimum atomic E-state index is -0.408. The zero-order valence-electron chi connectivity index (χ0n) is 5.92. The summed E-state index contributed by atoms with van der Waals surface area (Å²) in [6.07, 6.45) is 2.53. The molecule has 0 aromatic carbocycles. The van der Waals surface area contributed by atoms with Crippen molar-refractivity contribution in [1.82, 2.24) is 0 Å². The lowest BCUT2D eigenvalue weighted by Gasteiger charge is -2.04. The van der Waals surface area contributed by atoms with E-state index in [4.69, 9.17) is 11.5 Å². The minimum absolute atomic E-state index is 0.239. The Morgan fingerprint density at radius 1 is 1.50 bits per heavy atom. The summed E-state index contributed by atoms with van der Waals surface area (Å²) in [6, 6.07) is -0.408. The van der Waals surface area contributed by atoms with E-state index >= 15 is 0 Å². The number of thiol groups is 1. The fraction of sp³-hybridized carbons (Fsp3) is 0.833. The van der Waals surface area contributed by atoms with Crippen LogP contribution in [0.5, 0.6) is 0 Å². The van der Waals surface area contributed by atoms with Gasteiger partial charge in [0.1, 0.15) is 0 Å². The van der Waals surface area contributed by atoms with Crippen LogP contribution in [-0.2, 0) is 4.79 Å². The maximum absolute atomic E-state index is 10.4. The second-order valence-electron chi connectivity index (χ2n) is 2.23. The van der Waals surface area contributed by atoms with Crippen molar-refractivity contribution in [2.24, 2.45) is 11.5 Å². The van der Waals surface area contributed by atoms with Gasteiger partial charge in [0.15, 0.2) is 0 Å². The first-order chi connectivity index (χ1) is 4.68. The monoisotopic (exact) mass is 162 g/mol. The van der Waals surface area contributed by atoms with Gasteiger partial charge in [-0.1, -0.05) is 6.42 Å². The van der Waals surface area contributed by atoms with Crippen molar-refractivity contribution in [1.29, 1.82) is 0 Å². The molecule has 0 aliphatic heterocycles. The van der Waals surface area contributed by atoms with E-state index in [1.807, 2.05) is 0 Å². The van der Waals surface area contributed by atoms with Crippen LogP contribution >= 0.6 is 12.6 Å². The molecule has 1 unspecified atom stereocenters. The van der Waals surface area contributed by atoms with E-state index < -0.39 is 6.04 Å². The van der Waals surface area contributed by atoms with E-state index in [1.165, 1.54) is 0 Å². The van der Waals surface area contributed by atoms with Crippen molar-refractivity contribution >= 4 is 17.7 Å². The van der Waals surface area contributed by atoms with E-state index in [1.54, 1.807) is 0 Å². The highest BCUT2D eigenvalue weighted by Crippen LogP contribution is 1.99. The predicted octanol–water partition coefficient (Wildman–Crippen LogP) is -0.101. The number of nitrogens with two attached hydrogens (primary N) is 2. The highest BCUT2D eigenvalue weighted by Gasteiger charge is 2.06. The first-order valence-electron chi connectivity index (χ1n) is 3.37. The molecule has 0 saturated heterocycles. The van der Waals surface area contributed by atoms with Crippen LogP contribution < -0.4 is 11.5 Å². The maximum Gasteiger partial charge on any atom is 0.202 e. The summed E-state index contributed by atoms with van der Waals surface area (Å²) in [6.45, 7) is 0.660. The molecule has 0 spiro atoms. The summed E-state index contributed by atoms with van der Waals surface area (Å²) in [5.74, 6) is 0. The molecular weight excluding hydrogens is 148 g/mol. The molecule has 0 rings (SSSR count). The summed E-state index contributed by atoms with van der Waals surface area (Å²) in [4.78, 5) is 10.4. The van der Waals surface area contributed by atoms with Gasteiger partial charge in [-0.05, 0) is 19.4 Å². The first kappa shape index (κ1) is 9.94. The van der Waals surface area contributed by atoms with Gasteiger partial charge in [-0.15, -0.1) is 12.6 Å². The standard InChI is InChI=1S/C6H14N2OS/c7-4-2-1-3-5(8)6(9)10/h5H,1-4,7-8H2,(H,9,10). The van der Waals surface area contributed by atoms with Crippen molar-refractivity contribution in [3.05, 3.63) is 0 Å². The van der Waals surface area contributed by atoms with Crippen molar-refractivity contribution in [3.8, 4) is 0 Å². The molecule has 0 aromatic rings. The average molecular weight is 162 g/mol. The predicted molar refractivity (Wildman–Crippen MR) is 44.9 cm³/mol. The van der Waals surface area contributed by atoms with E-state index in [0.717, 1.165) is 12.8 Å². The zero-order chi connectivity index (χ0) is 7.98. The van der Waals surface area contributed by atoms with Crippen LogP contribution in [0.3, 0.4) is 0 Å². The Kier molecular flexibility index (Phi) is 5.67. The van der Waals surface area contributed by atoms with Crippen molar-refractivity contribution in [2.45, 2.75) is 25.3 Å². The van der Waals surface area contributed by atoms with Crippen LogP contribution in [0.2, 0.25) is 0 Å². The fourth-order valence-electron chi connectivity index (χ4n) is 0.632. The molecule has 0 amide bonds. The molecule has 0 fully saturated rings. The third kappa shape index (κ3) is 4.78. The smallest absolute Gasteiger partial charge is 0.202 e. The summed E-state index contributed by atoms with van der Waals surface area (Å²) >= 11 is 3.60. The summed E-state index contributed by atoms with van der Waals surface area (Å²) < 4.78 is 0. The lowest BCUT2D eigenvalue weighted by Crippen LogP contribution is -2.26. The van der Waals surface area contributed by atoms with E-state index in [9.17, 15) is 4.79 Å². The van der Waals surface area contributed by atoms with Crippen LogP contribution in [0.25, 0.3) is 0 Å². The van der Waals surface area contributed by atoms with Crippen molar-refractivity contribution in [2.75, 3.05) is 6.54 Å². The number of rotatable bonds is 5. The number of carbonyl (C=O) groups is 1. The van der Waals surface area contributed by atoms with Gasteiger partial charge in [-0.3, -0.25) is 4.79 Å². The van der Waals surface area contributed by atoms with Gasteiger partial charge in [-0.2, -0.15) is 0 Å². The Morgan fingerprint density at radius 3 is 2.50 bits per heavy atom. The molecule has 1 atom stereocenters. The van der Waals surface area contributed by atoms with Gasteiger partial charge in [0.25, 0.3) is 0 Å². The number of carbonyl (C=O) groups excluding carboxylic acids is 1. The molecule has 0 radical (unpaired) electrons. The molecule has 3 nitrogen and oxygen atoms in total.